The number of nitrogens with one attached hydrogen (secondary N) is 1. The van der Waals surface area contributed by atoms with E-state index in [9.17, 15) is 5.11 Å². The first-order chi connectivity index (χ1) is 5.02. The summed E-state index contributed by atoms with van der Waals surface area (Å²) in [5.41, 5.74) is 0.0159. The molecule has 1 fully saturated rings. The summed E-state index contributed by atoms with van der Waals surface area (Å²) in [5, 5.41) is 13.1. The van der Waals surface area contributed by atoms with Crippen LogP contribution >= 0.6 is 0 Å². The summed E-state index contributed by atoms with van der Waals surface area (Å²) in [4.78, 5) is 0. The standard InChI is InChI=1S/C9H19NO/c1-9(2,3)8(11)7-5-4-6-10-7/h7-8,10-11H,4-6H2,1-3H3. The van der Waals surface area contributed by atoms with Gasteiger partial charge in [-0.15, -0.1) is 0 Å². The first kappa shape index (κ1) is 9.01. The van der Waals surface area contributed by atoms with Gasteiger partial charge < -0.3 is 10.4 Å². The summed E-state index contributed by atoms with van der Waals surface area (Å²) in [7, 11) is 0. The normalized spacial score (nSPS) is 28.9. The maximum atomic E-state index is 9.82. The van der Waals surface area contributed by atoms with Crippen LogP contribution in [-0.4, -0.2) is 23.8 Å². The first-order valence-corrected chi connectivity index (χ1v) is 4.43. The van der Waals surface area contributed by atoms with Crippen LogP contribution in [-0.2, 0) is 0 Å². The molecule has 2 nitrogen and oxygen atoms in total. The molecule has 1 aliphatic heterocycles. The molecule has 2 atom stereocenters. The Morgan fingerprint density at radius 2 is 2.09 bits per heavy atom. The third-order valence-corrected chi connectivity index (χ3v) is 2.37. The lowest BCUT2D eigenvalue weighted by atomic mass is 9.84. The molecule has 0 bridgehead atoms. The third kappa shape index (κ3) is 2.17. The van der Waals surface area contributed by atoms with Crippen molar-refractivity contribution in [1.29, 1.82) is 0 Å². The van der Waals surface area contributed by atoms with Crippen LogP contribution in [0.1, 0.15) is 33.6 Å². The molecule has 1 heterocycles. The van der Waals surface area contributed by atoms with E-state index in [-0.39, 0.29) is 11.5 Å². The molecule has 0 aromatic carbocycles. The number of aliphatic hydroxyl groups is 1. The van der Waals surface area contributed by atoms with E-state index in [1.54, 1.807) is 0 Å². The second kappa shape index (κ2) is 3.11. The molecule has 0 aromatic heterocycles. The van der Waals surface area contributed by atoms with Gasteiger partial charge in [-0.1, -0.05) is 20.8 Å². The van der Waals surface area contributed by atoms with Crippen LogP contribution in [0, 0.1) is 5.41 Å². The number of aliphatic hydroxyl groups excluding tert-OH is 1. The molecule has 0 saturated carbocycles. The molecular weight excluding hydrogens is 138 g/mol. The summed E-state index contributed by atoms with van der Waals surface area (Å²) in [6, 6.07) is 0.329. The molecule has 0 radical (unpaired) electrons. The molecule has 0 spiro atoms. The fourth-order valence-corrected chi connectivity index (χ4v) is 1.58. The molecule has 1 saturated heterocycles. The van der Waals surface area contributed by atoms with Gasteiger partial charge in [0.25, 0.3) is 0 Å². The SMILES string of the molecule is CC(C)(C)C(O)C1CCCN1. The van der Waals surface area contributed by atoms with E-state index in [1.807, 2.05) is 0 Å². The van der Waals surface area contributed by atoms with Gasteiger partial charge in [-0.2, -0.15) is 0 Å². The molecular formula is C9H19NO. The highest BCUT2D eigenvalue weighted by Crippen LogP contribution is 2.25. The molecule has 11 heavy (non-hydrogen) atoms. The van der Waals surface area contributed by atoms with Crippen molar-refractivity contribution in [2.75, 3.05) is 6.54 Å². The highest BCUT2D eigenvalue weighted by molar-refractivity contribution is 4.87. The van der Waals surface area contributed by atoms with Gasteiger partial charge in [-0.05, 0) is 24.8 Å². The molecule has 0 aliphatic carbocycles. The smallest absolute Gasteiger partial charge is 0.0741 e. The van der Waals surface area contributed by atoms with E-state index in [4.69, 9.17) is 0 Å². The second-order valence-electron chi connectivity index (χ2n) is 4.51. The predicted octanol–water partition coefficient (Wildman–Crippen LogP) is 1.15. The van der Waals surface area contributed by atoms with Crippen molar-refractivity contribution in [3.8, 4) is 0 Å². The molecule has 0 amide bonds. The zero-order valence-electron chi connectivity index (χ0n) is 7.72. The van der Waals surface area contributed by atoms with E-state index >= 15 is 0 Å². The van der Waals surface area contributed by atoms with Crippen LogP contribution in [0.3, 0.4) is 0 Å². The monoisotopic (exact) mass is 157 g/mol. The zero-order valence-corrected chi connectivity index (χ0v) is 7.72. The molecule has 2 heteroatoms. The predicted molar refractivity (Wildman–Crippen MR) is 46.5 cm³/mol. The average Bonchev–Trinajstić information content (AvgIpc) is 2.34. The van der Waals surface area contributed by atoms with Gasteiger partial charge in [0.15, 0.2) is 0 Å². The Labute approximate surface area is 69.0 Å². The van der Waals surface area contributed by atoms with Crippen molar-refractivity contribution in [3.05, 3.63) is 0 Å². The van der Waals surface area contributed by atoms with E-state index < -0.39 is 0 Å². The average molecular weight is 157 g/mol. The number of hydrogen-bond donors (Lipinski definition) is 2. The van der Waals surface area contributed by atoms with Crippen molar-refractivity contribution in [2.24, 2.45) is 5.41 Å². The van der Waals surface area contributed by atoms with Gasteiger partial charge >= 0.3 is 0 Å². The van der Waals surface area contributed by atoms with Crippen LogP contribution < -0.4 is 5.32 Å². The molecule has 2 N–H and O–H groups in total. The highest BCUT2D eigenvalue weighted by atomic mass is 16.3. The Morgan fingerprint density at radius 1 is 1.45 bits per heavy atom. The van der Waals surface area contributed by atoms with Gasteiger partial charge in [0.05, 0.1) is 6.10 Å². The topological polar surface area (TPSA) is 32.3 Å². The quantitative estimate of drug-likeness (QED) is 0.598. The fraction of sp³-hybridized carbons (Fsp3) is 1.00. The Morgan fingerprint density at radius 3 is 2.45 bits per heavy atom. The van der Waals surface area contributed by atoms with Gasteiger partial charge in [-0.25, -0.2) is 0 Å². The number of hydrogen-bond acceptors (Lipinski definition) is 2. The highest BCUT2D eigenvalue weighted by Gasteiger charge is 2.31. The van der Waals surface area contributed by atoms with Gasteiger partial charge in [0.1, 0.15) is 0 Å². The van der Waals surface area contributed by atoms with Gasteiger partial charge in [-0.3, -0.25) is 0 Å². The largest absolute Gasteiger partial charge is 0.391 e. The minimum absolute atomic E-state index is 0.0159. The fourth-order valence-electron chi connectivity index (χ4n) is 1.58. The molecule has 2 unspecified atom stereocenters. The molecule has 0 aromatic rings. The molecule has 1 rings (SSSR count). The van der Waals surface area contributed by atoms with Gasteiger partial charge in [0.2, 0.25) is 0 Å². The van der Waals surface area contributed by atoms with Crippen LogP contribution in [0.4, 0.5) is 0 Å². The van der Waals surface area contributed by atoms with Crippen LogP contribution in [0.25, 0.3) is 0 Å². The van der Waals surface area contributed by atoms with Gasteiger partial charge in [0, 0.05) is 6.04 Å². The molecule has 1 aliphatic rings. The zero-order chi connectivity index (χ0) is 8.48. The number of rotatable bonds is 1. The van der Waals surface area contributed by atoms with Crippen molar-refractivity contribution >= 4 is 0 Å². The summed E-state index contributed by atoms with van der Waals surface area (Å²) in [5.74, 6) is 0. The summed E-state index contributed by atoms with van der Waals surface area (Å²) >= 11 is 0. The Bertz CT molecular complexity index is 122. The van der Waals surface area contributed by atoms with E-state index in [2.05, 4.69) is 26.1 Å². The minimum Gasteiger partial charge on any atom is -0.391 e. The third-order valence-electron chi connectivity index (χ3n) is 2.37. The summed E-state index contributed by atoms with van der Waals surface area (Å²) < 4.78 is 0. The van der Waals surface area contributed by atoms with Crippen molar-refractivity contribution < 1.29 is 5.11 Å². The van der Waals surface area contributed by atoms with E-state index in [0.29, 0.717) is 6.04 Å². The maximum absolute atomic E-state index is 9.82. The van der Waals surface area contributed by atoms with Crippen LogP contribution in [0.2, 0.25) is 0 Å². The van der Waals surface area contributed by atoms with Crippen LogP contribution in [0.15, 0.2) is 0 Å². The Hall–Kier alpha value is -0.0800. The first-order valence-electron chi connectivity index (χ1n) is 4.43. The van der Waals surface area contributed by atoms with Crippen molar-refractivity contribution in [3.63, 3.8) is 0 Å². The van der Waals surface area contributed by atoms with E-state index in [0.717, 1.165) is 13.0 Å². The summed E-state index contributed by atoms with van der Waals surface area (Å²) in [6.07, 6.45) is 2.13. The summed E-state index contributed by atoms with van der Waals surface area (Å²) in [6.45, 7) is 7.31. The molecule has 66 valence electrons. The minimum atomic E-state index is -0.204. The Kier molecular flexibility index (Phi) is 2.55. The van der Waals surface area contributed by atoms with E-state index in [1.165, 1.54) is 6.42 Å². The van der Waals surface area contributed by atoms with Crippen molar-refractivity contribution in [1.82, 2.24) is 5.32 Å². The lowest BCUT2D eigenvalue weighted by Gasteiger charge is -2.30. The lowest BCUT2D eigenvalue weighted by molar-refractivity contribution is 0.0347. The lowest BCUT2D eigenvalue weighted by Crippen LogP contribution is -2.43. The second-order valence-corrected chi connectivity index (χ2v) is 4.51. The maximum Gasteiger partial charge on any atom is 0.0741 e. The van der Waals surface area contributed by atoms with Crippen molar-refractivity contribution in [2.45, 2.75) is 45.8 Å². The Balaban J connectivity index is 2.46. The van der Waals surface area contributed by atoms with Crippen LogP contribution in [0.5, 0.6) is 0 Å².